The van der Waals surface area contributed by atoms with Gasteiger partial charge >= 0.3 is 0 Å². The third-order valence-corrected chi connectivity index (χ3v) is 9.38. The number of nitrogens with one attached hydrogen (secondary N) is 2. The third kappa shape index (κ3) is 7.00. The van der Waals surface area contributed by atoms with E-state index >= 15 is 0 Å². The van der Waals surface area contributed by atoms with Gasteiger partial charge in [-0.25, -0.2) is 0 Å². The fourth-order valence-electron chi connectivity index (χ4n) is 4.92. The number of thiophene rings is 1. The van der Waals surface area contributed by atoms with Crippen molar-refractivity contribution in [2.24, 2.45) is 7.05 Å². The van der Waals surface area contributed by atoms with Crippen LogP contribution in [0, 0.1) is 0 Å². The number of aryl methyl sites for hydroxylation is 2. The van der Waals surface area contributed by atoms with E-state index in [0.29, 0.717) is 28.1 Å². The molecule has 41 heavy (non-hydrogen) atoms. The van der Waals surface area contributed by atoms with E-state index in [1.54, 1.807) is 0 Å². The van der Waals surface area contributed by atoms with Crippen LogP contribution < -0.4 is 15.4 Å². The molecule has 5 rings (SSSR count). The van der Waals surface area contributed by atoms with E-state index in [-0.39, 0.29) is 23.7 Å². The highest BCUT2D eigenvalue weighted by Crippen LogP contribution is 2.38. The van der Waals surface area contributed by atoms with E-state index in [1.807, 2.05) is 61.0 Å². The minimum absolute atomic E-state index is 0.146. The highest BCUT2D eigenvalue weighted by Gasteiger charge is 2.26. The fraction of sp³-hybridized carbons (Fsp3) is 0.355. The van der Waals surface area contributed by atoms with E-state index in [9.17, 15) is 9.59 Å². The van der Waals surface area contributed by atoms with Gasteiger partial charge in [-0.3, -0.25) is 9.59 Å². The van der Waals surface area contributed by atoms with Crippen LogP contribution >= 0.6 is 23.1 Å². The number of nitrogens with zero attached hydrogens (tertiary/aromatic N) is 3. The molecule has 2 aromatic carbocycles. The second-order valence-corrected chi connectivity index (χ2v) is 12.1. The Morgan fingerprint density at radius 2 is 1.80 bits per heavy atom. The fourth-order valence-corrected chi connectivity index (χ4v) is 6.94. The third-order valence-electron chi connectivity index (χ3n) is 7.16. The van der Waals surface area contributed by atoms with E-state index in [4.69, 9.17) is 4.74 Å². The molecule has 10 heteroatoms. The molecule has 2 heterocycles. The minimum Gasteiger partial charge on any atom is -0.483 e. The van der Waals surface area contributed by atoms with Crippen molar-refractivity contribution in [1.82, 2.24) is 20.1 Å². The van der Waals surface area contributed by atoms with E-state index in [2.05, 4.69) is 39.9 Å². The van der Waals surface area contributed by atoms with Gasteiger partial charge in [0.25, 0.3) is 5.91 Å². The molecule has 0 radical (unpaired) electrons. The highest BCUT2D eigenvalue weighted by molar-refractivity contribution is 7.99. The van der Waals surface area contributed by atoms with Gasteiger partial charge < -0.3 is 19.9 Å². The normalized spacial score (nSPS) is 13.3. The highest BCUT2D eigenvalue weighted by atomic mass is 32.2. The number of benzene rings is 2. The first kappa shape index (κ1) is 28.9. The molecule has 0 bridgehead atoms. The molecule has 0 spiro atoms. The molecule has 0 aliphatic heterocycles. The van der Waals surface area contributed by atoms with Crippen molar-refractivity contribution in [3.8, 4) is 5.75 Å². The van der Waals surface area contributed by atoms with Gasteiger partial charge in [0, 0.05) is 18.5 Å². The predicted octanol–water partition coefficient (Wildman–Crippen LogP) is 6.12. The molecule has 1 aliphatic carbocycles. The summed E-state index contributed by atoms with van der Waals surface area (Å²) in [6, 6.07) is 17.9. The van der Waals surface area contributed by atoms with Crippen LogP contribution in [0.4, 0.5) is 5.00 Å². The molecule has 1 atom stereocenters. The zero-order chi connectivity index (χ0) is 28.8. The van der Waals surface area contributed by atoms with Crippen molar-refractivity contribution in [1.29, 1.82) is 0 Å². The molecular weight excluding hydrogens is 555 g/mol. The summed E-state index contributed by atoms with van der Waals surface area (Å²) in [4.78, 5) is 27.6. The quantitative estimate of drug-likeness (QED) is 0.205. The SMILES string of the molecule is CCc1ccc(O[C@H](C)c2nnc(SCC(=O)Nc3sc4c(c3C(=O)NCc3ccccc3)CCCC4)n2C)cc1. The Hall–Kier alpha value is -3.63. The molecule has 214 valence electrons. The first-order chi connectivity index (χ1) is 19.9. The number of amides is 2. The molecule has 2 N–H and O–H groups in total. The lowest BCUT2D eigenvalue weighted by molar-refractivity contribution is -0.113. The van der Waals surface area contributed by atoms with Crippen LogP contribution in [0.3, 0.4) is 0 Å². The Bertz CT molecular complexity index is 1500. The number of carbonyl (C=O) groups excluding carboxylic acids is 2. The maximum atomic E-state index is 13.3. The van der Waals surface area contributed by atoms with Gasteiger partial charge in [0.15, 0.2) is 17.1 Å². The van der Waals surface area contributed by atoms with Gasteiger partial charge in [-0.15, -0.1) is 21.5 Å². The molecule has 0 saturated heterocycles. The molecule has 2 amide bonds. The van der Waals surface area contributed by atoms with Crippen LogP contribution in [-0.2, 0) is 37.6 Å². The lowest BCUT2D eigenvalue weighted by atomic mass is 9.95. The average Bonchev–Trinajstić information content (AvgIpc) is 3.55. The monoisotopic (exact) mass is 589 g/mol. The topological polar surface area (TPSA) is 98.1 Å². The van der Waals surface area contributed by atoms with Crippen molar-refractivity contribution in [2.45, 2.75) is 63.8 Å². The Morgan fingerprint density at radius 3 is 2.56 bits per heavy atom. The van der Waals surface area contributed by atoms with Gasteiger partial charge in [-0.05, 0) is 67.9 Å². The van der Waals surface area contributed by atoms with Crippen LogP contribution in [0.1, 0.15) is 70.5 Å². The summed E-state index contributed by atoms with van der Waals surface area (Å²) in [7, 11) is 1.87. The smallest absolute Gasteiger partial charge is 0.254 e. The Morgan fingerprint density at radius 1 is 1.05 bits per heavy atom. The molecule has 1 aliphatic rings. The van der Waals surface area contributed by atoms with E-state index in [0.717, 1.165) is 49.0 Å². The number of aromatic nitrogens is 3. The van der Waals surface area contributed by atoms with Crippen molar-refractivity contribution in [2.75, 3.05) is 11.1 Å². The summed E-state index contributed by atoms with van der Waals surface area (Å²) >= 11 is 2.83. The molecule has 0 saturated carbocycles. The summed E-state index contributed by atoms with van der Waals surface area (Å²) in [5, 5.41) is 15.9. The lowest BCUT2D eigenvalue weighted by Gasteiger charge is -2.14. The zero-order valence-corrected chi connectivity index (χ0v) is 25.2. The van der Waals surface area contributed by atoms with Crippen LogP contribution in [0.15, 0.2) is 59.8 Å². The van der Waals surface area contributed by atoms with E-state index in [1.165, 1.54) is 33.5 Å². The predicted molar refractivity (Wildman–Crippen MR) is 164 cm³/mol. The number of thioether (sulfide) groups is 1. The van der Waals surface area contributed by atoms with E-state index < -0.39 is 0 Å². The van der Waals surface area contributed by atoms with Crippen LogP contribution in [0.2, 0.25) is 0 Å². The number of hydrogen-bond donors (Lipinski definition) is 2. The lowest BCUT2D eigenvalue weighted by Crippen LogP contribution is -2.25. The maximum Gasteiger partial charge on any atom is 0.254 e. The van der Waals surface area contributed by atoms with Crippen molar-refractivity contribution >= 4 is 39.9 Å². The van der Waals surface area contributed by atoms with Crippen molar-refractivity contribution in [3.63, 3.8) is 0 Å². The van der Waals surface area contributed by atoms with Gasteiger partial charge in [0.2, 0.25) is 5.91 Å². The number of rotatable bonds is 11. The summed E-state index contributed by atoms with van der Waals surface area (Å²) in [6.45, 7) is 4.49. The number of ether oxygens (including phenoxy) is 1. The molecule has 2 aromatic heterocycles. The van der Waals surface area contributed by atoms with Gasteiger partial charge in [-0.2, -0.15) is 0 Å². The Kier molecular flexibility index (Phi) is 9.41. The average molecular weight is 590 g/mol. The molecule has 0 unspecified atom stereocenters. The zero-order valence-electron chi connectivity index (χ0n) is 23.6. The maximum absolute atomic E-state index is 13.3. The van der Waals surface area contributed by atoms with Crippen LogP contribution in [-0.4, -0.2) is 32.3 Å². The second kappa shape index (κ2) is 13.4. The van der Waals surface area contributed by atoms with Crippen LogP contribution in [0.5, 0.6) is 5.75 Å². The number of hydrogen-bond acceptors (Lipinski definition) is 7. The number of fused-ring (bicyclic) bond motifs is 1. The number of carbonyl (C=O) groups is 2. The van der Waals surface area contributed by atoms with Gasteiger partial charge in [0.1, 0.15) is 10.8 Å². The molecule has 0 fully saturated rings. The summed E-state index contributed by atoms with van der Waals surface area (Å²) in [5.41, 5.74) is 3.97. The molecular formula is C31H35N5O3S2. The first-order valence-electron chi connectivity index (χ1n) is 14.0. The van der Waals surface area contributed by atoms with Crippen molar-refractivity contribution in [3.05, 3.63) is 87.6 Å². The van der Waals surface area contributed by atoms with Crippen LogP contribution in [0.25, 0.3) is 0 Å². The first-order valence-corrected chi connectivity index (χ1v) is 15.8. The summed E-state index contributed by atoms with van der Waals surface area (Å²) < 4.78 is 7.93. The van der Waals surface area contributed by atoms with Gasteiger partial charge in [0.05, 0.1) is 11.3 Å². The summed E-state index contributed by atoms with van der Waals surface area (Å²) in [6.07, 6.45) is 4.61. The second-order valence-electron chi connectivity index (χ2n) is 10.1. The largest absolute Gasteiger partial charge is 0.483 e. The Balaban J connectivity index is 1.22. The minimum atomic E-state index is -0.308. The van der Waals surface area contributed by atoms with Gasteiger partial charge in [-0.1, -0.05) is 61.2 Å². The molecule has 8 nitrogen and oxygen atoms in total. The Labute approximate surface area is 248 Å². The number of anilines is 1. The standard InChI is InChI=1S/C31H35N5O3S2/c1-4-21-14-16-23(17-15-21)39-20(2)28-34-35-31(36(28)3)40-19-26(37)33-30-27(24-12-8-9-13-25(24)41-30)29(38)32-18-22-10-6-5-7-11-22/h5-7,10-11,14-17,20H,4,8-9,12-13,18-19H2,1-3H3,(H,32,38)(H,33,37)/t20-/m1/s1. The van der Waals surface area contributed by atoms with Crippen molar-refractivity contribution < 1.29 is 14.3 Å². The molecule has 4 aromatic rings. The summed E-state index contributed by atoms with van der Waals surface area (Å²) in [5.74, 6) is 1.26.